The van der Waals surface area contributed by atoms with Crippen molar-refractivity contribution in [2.24, 2.45) is 11.3 Å². The molecule has 1 unspecified atom stereocenters. The highest BCUT2D eigenvalue weighted by Crippen LogP contribution is 2.40. The minimum Gasteiger partial charge on any atom is -0.353 e. The molecule has 1 amide bonds. The molecule has 0 heterocycles. The predicted molar refractivity (Wildman–Crippen MR) is 63.6 cm³/mol. The number of nitrogens with one attached hydrogen (secondary N) is 1. The Morgan fingerprint density at radius 1 is 1.47 bits per heavy atom. The molecule has 0 aromatic heterocycles. The third-order valence-electron chi connectivity index (χ3n) is 3.95. The molecule has 0 aliphatic heterocycles. The second-order valence-electron chi connectivity index (χ2n) is 5.68. The highest BCUT2D eigenvalue weighted by atomic mass is 16.1. The van der Waals surface area contributed by atoms with Gasteiger partial charge in [-0.3, -0.25) is 4.79 Å². The lowest BCUT2D eigenvalue weighted by molar-refractivity contribution is -0.122. The van der Waals surface area contributed by atoms with Crippen LogP contribution >= 0.6 is 0 Å². The molecular formula is C13H25NO. The summed E-state index contributed by atoms with van der Waals surface area (Å²) in [7, 11) is 0. The Kier molecular flexibility index (Phi) is 4.18. The summed E-state index contributed by atoms with van der Waals surface area (Å²) >= 11 is 0. The molecular weight excluding hydrogens is 186 g/mol. The fraction of sp³-hybridized carbons (Fsp3) is 0.923. The van der Waals surface area contributed by atoms with E-state index in [0.29, 0.717) is 23.8 Å². The third-order valence-corrected chi connectivity index (χ3v) is 3.95. The highest BCUT2D eigenvalue weighted by molar-refractivity contribution is 5.76. The van der Waals surface area contributed by atoms with Crippen molar-refractivity contribution in [3.63, 3.8) is 0 Å². The van der Waals surface area contributed by atoms with Crippen molar-refractivity contribution in [1.29, 1.82) is 0 Å². The SMILES string of the molecule is CCCC(=O)N[C@H]1CCC(C)(C)C(C)C1. The Morgan fingerprint density at radius 2 is 2.13 bits per heavy atom. The first kappa shape index (κ1) is 12.5. The van der Waals surface area contributed by atoms with E-state index in [4.69, 9.17) is 0 Å². The van der Waals surface area contributed by atoms with E-state index in [1.807, 2.05) is 6.92 Å². The average molecular weight is 211 g/mol. The van der Waals surface area contributed by atoms with E-state index in [-0.39, 0.29) is 5.91 Å². The van der Waals surface area contributed by atoms with Crippen molar-refractivity contribution in [1.82, 2.24) is 5.32 Å². The lowest BCUT2D eigenvalue weighted by Gasteiger charge is -2.40. The van der Waals surface area contributed by atoms with Gasteiger partial charge in [-0.1, -0.05) is 27.7 Å². The van der Waals surface area contributed by atoms with Gasteiger partial charge in [-0.05, 0) is 37.0 Å². The van der Waals surface area contributed by atoms with Crippen LogP contribution in [0.15, 0.2) is 0 Å². The molecule has 2 heteroatoms. The molecule has 1 fully saturated rings. The van der Waals surface area contributed by atoms with Crippen molar-refractivity contribution in [2.75, 3.05) is 0 Å². The van der Waals surface area contributed by atoms with Crippen LogP contribution in [0.2, 0.25) is 0 Å². The van der Waals surface area contributed by atoms with Gasteiger partial charge in [0.1, 0.15) is 0 Å². The van der Waals surface area contributed by atoms with Gasteiger partial charge in [0.2, 0.25) is 5.91 Å². The predicted octanol–water partition coefficient (Wildman–Crippen LogP) is 3.12. The minimum absolute atomic E-state index is 0.231. The van der Waals surface area contributed by atoms with Gasteiger partial charge in [-0.15, -0.1) is 0 Å². The number of hydrogen-bond donors (Lipinski definition) is 1. The van der Waals surface area contributed by atoms with Gasteiger partial charge >= 0.3 is 0 Å². The topological polar surface area (TPSA) is 29.1 Å². The summed E-state index contributed by atoms with van der Waals surface area (Å²) in [6, 6.07) is 0.423. The van der Waals surface area contributed by atoms with E-state index < -0.39 is 0 Å². The van der Waals surface area contributed by atoms with Crippen LogP contribution in [-0.4, -0.2) is 11.9 Å². The molecule has 0 aromatic carbocycles. The summed E-state index contributed by atoms with van der Waals surface area (Å²) < 4.78 is 0. The highest BCUT2D eigenvalue weighted by Gasteiger charge is 2.33. The quantitative estimate of drug-likeness (QED) is 0.763. The van der Waals surface area contributed by atoms with Gasteiger partial charge in [0.15, 0.2) is 0 Å². The number of rotatable bonds is 3. The Labute approximate surface area is 93.8 Å². The zero-order valence-corrected chi connectivity index (χ0v) is 10.6. The summed E-state index contributed by atoms with van der Waals surface area (Å²) in [4.78, 5) is 11.5. The van der Waals surface area contributed by atoms with Gasteiger partial charge in [0.05, 0.1) is 0 Å². The minimum atomic E-state index is 0.231. The molecule has 0 spiro atoms. The van der Waals surface area contributed by atoms with Crippen molar-refractivity contribution in [3.8, 4) is 0 Å². The van der Waals surface area contributed by atoms with Gasteiger partial charge in [-0.2, -0.15) is 0 Å². The molecule has 0 radical (unpaired) electrons. The normalized spacial score (nSPS) is 29.9. The second kappa shape index (κ2) is 5.00. The van der Waals surface area contributed by atoms with Crippen LogP contribution in [0.1, 0.15) is 59.8 Å². The van der Waals surface area contributed by atoms with Crippen molar-refractivity contribution < 1.29 is 4.79 Å². The molecule has 1 aliphatic carbocycles. The van der Waals surface area contributed by atoms with Gasteiger partial charge in [-0.25, -0.2) is 0 Å². The smallest absolute Gasteiger partial charge is 0.220 e. The Morgan fingerprint density at radius 3 is 2.67 bits per heavy atom. The maximum absolute atomic E-state index is 11.5. The Bertz CT molecular complexity index is 223. The zero-order valence-electron chi connectivity index (χ0n) is 10.6. The molecule has 0 saturated heterocycles. The summed E-state index contributed by atoms with van der Waals surface area (Å²) in [6.07, 6.45) is 5.13. The largest absolute Gasteiger partial charge is 0.353 e. The molecule has 88 valence electrons. The lowest BCUT2D eigenvalue weighted by atomic mass is 9.68. The summed E-state index contributed by atoms with van der Waals surface area (Å²) in [5.41, 5.74) is 0.450. The third kappa shape index (κ3) is 3.51. The molecule has 2 nitrogen and oxygen atoms in total. The monoisotopic (exact) mass is 211 g/mol. The molecule has 0 bridgehead atoms. The maximum atomic E-state index is 11.5. The van der Waals surface area contributed by atoms with Gasteiger partial charge < -0.3 is 5.32 Å². The molecule has 15 heavy (non-hydrogen) atoms. The Hall–Kier alpha value is -0.530. The first-order valence-electron chi connectivity index (χ1n) is 6.25. The Balaban J connectivity index is 2.38. The van der Waals surface area contributed by atoms with Crippen molar-refractivity contribution in [2.45, 2.75) is 65.8 Å². The zero-order chi connectivity index (χ0) is 11.5. The summed E-state index contributed by atoms with van der Waals surface area (Å²) in [6.45, 7) is 9.02. The van der Waals surface area contributed by atoms with Crippen LogP contribution < -0.4 is 5.32 Å². The standard InChI is InChI=1S/C13H25NO/c1-5-6-12(15)14-11-7-8-13(3,4)10(2)9-11/h10-11H,5-9H2,1-4H3,(H,14,15)/t10?,11-/m0/s1. The number of carbonyl (C=O) groups is 1. The van der Waals surface area contributed by atoms with E-state index in [1.165, 1.54) is 6.42 Å². The number of amides is 1. The summed E-state index contributed by atoms with van der Waals surface area (Å²) in [5, 5.41) is 3.15. The first-order chi connectivity index (χ1) is 6.95. The molecule has 1 saturated carbocycles. The summed E-state index contributed by atoms with van der Waals surface area (Å²) in [5.74, 6) is 0.938. The number of hydrogen-bond acceptors (Lipinski definition) is 1. The van der Waals surface area contributed by atoms with Crippen molar-refractivity contribution >= 4 is 5.91 Å². The van der Waals surface area contributed by atoms with E-state index in [1.54, 1.807) is 0 Å². The number of carbonyl (C=O) groups excluding carboxylic acids is 1. The van der Waals surface area contributed by atoms with E-state index in [9.17, 15) is 4.79 Å². The van der Waals surface area contributed by atoms with E-state index in [0.717, 1.165) is 19.3 Å². The fourth-order valence-electron chi connectivity index (χ4n) is 2.31. The lowest BCUT2D eigenvalue weighted by Crippen LogP contribution is -2.42. The van der Waals surface area contributed by atoms with Crippen LogP contribution in [0.5, 0.6) is 0 Å². The first-order valence-corrected chi connectivity index (χ1v) is 6.25. The molecule has 0 aromatic rings. The molecule has 2 atom stereocenters. The molecule has 1 rings (SSSR count). The van der Waals surface area contributed by atoms with E-state index in [2.05, 4.69) is 26.1 Å². The molecule has 1 aliphatic rings. The van der Waals surface area contributed by atoms with Gasteiger partial charge in [0.25, 0.3) is 0 Å². The van der Waals surface area contributed by atoms with Crippen LogP contribution in [-0.2, 0) is 4.79 Å². The van der Waals surface area contributed by atoms with Crippen LogP contribution in [0.25, 0.3) is 0 Å². The van der Waals surface area contributed by atoms with E-state index >= 15 is 0 Å². The van der Waals surface area contributed by atoms with Crippen molar-refractivity contribution in [3.05, 3.63) is 0 Å². The second-order valence-corrected chi connectivity index (χ2v) is 5.68. The fourth-order valence-corrected chi connectivity index (χ4v) is 2.31. The van der Waals surface area contributed by atoms with Gasteiger partial charge in [0, 0.05) is 12.5 Å². The van der Waals surface area contributed by atoms with Crippen LogP contribution in [0, 0.1) is 11.3 Å². The van der Waals surface area contributed by atoms with Crippen LogP contribution in [0.3, 0.4) is 0 Å². The molecule has 1 N–H and O–H groups in total. The maximum Gasteiger partial charge on any atom is 0.220 e. The average Bonchev–Trinajstić information content (AvgIpc) is 2.12. The van der Waals surface area contributed by atoms with Crippen LogP contribution in [0.4, 0.5) is 0 Å².